The summed E-state index contributed by atoms with van der Waals surface area (Å²) in [4.78, 5) is 27.9. The number of rotatable bonds is 5. The number of amides is 1. The molecule has 1 atom stereocenters. The minimum absolute atomic E-state index is 0.0235. The van der Waals surface area contributed by atoms with Gasteiger partial charge in [0, 0.05) is 23.4 Å². The first kappa shape index (κ1) is 29.0. The van der Waals surface area contributed by atoms with Crippen LogP contribution in [0.2, 0.25) is 5.02 Å². The van der Waals surface area contributed by atoms with Gasteiger partial charge in [-0.1, -0.05) is 17.7 Å². The van der Waals surface area contributed by atoms with Crippen molar-refractivity contribution < 1.29 is 33.0 Å². The van der Waals surface area contributed by atoms with Crippen molar-refractivity contribution in [2.24, 2.45) is 0 Å². The Morgan fingerprint density at radius 2 is 1.83 bits per heavy atom. The maximum Gasteiger partial charge on any atom is 0.337 e. The second-order valence-electron chi connectivity index (χ2n) is 11.5. The largest absolute Gasteiger partial charge is 0.490 e. The Morgan fingerprint density at radius 1 is 1.10 bits per heavy atom. The highest BCUT2D eigenvalue weighted by molar-refractivity contribution is 6.34. The zero-order chi connectivity index (χ0) is 29.8. The van der Waals surface area contributed by atoms with Gasteiger partial charge in [0.25, 0.3) is 5.91 Å². The second-order valence-corrected chi connectivity index (χ2v) is 11.9. The molecule has 0 saturated heterocycles. The monoisotopic (exact) mass is 583 g/mol. The fraction of sp³-hybridized carbons (Fsp3) is 0.375. The van der Waals surface area contributed by atoms with Crippen LogP contribution in [0.1, 0.15) is 71.5 Å². The predicted molar refractivity (Wildman–Crippen MR) is 153 cm³/mol. The lowest BCUT2D eigenvalue weighted by molar-refractivity contribution is -0.160. The lowest BCUT2D eigenvalue weighted by Gasteiger charge is -2.30. The molecule has 3 aromatic carbocycles. The molecule has 2 aliphatic rings. The fourth-order valence-electron chi connectivity index (χ4n) is 5.87. The number of anilines is 1. The quantitative estimate of drug-likeness (QED) is 0.339. The van der Waals surface area contributed by atoms with Gasteiger partial charge >= 0.3 is 5.97 Å². The van der Waals surface area contributed by atoms with Crippen LogP contribution < -0.4 is 9.64 Å². The lowest BCUT2D eigenvalue weighted by Crippen LogP contribution is -2.30. The summed E-state index contributed by atoms with van der Waals surface area (Å²) in [6.07, 6.45) is 0.371. The predicted octanol–water partition coefficient (Wildman–Crippen LogP) is 7.37. The van der Waals surface area contributed by atoms with E-state index in [2.05, 4.69) is 0 Å². The number of carboxylic acid groups (broad SMARTS) is 1. The Balaban J connectivity index is 1.78. The van der Waals surface area contributed by atoms with Gasteiger partial charge in [0.2, 0.25) is 0 Å². The average molecular weight is 584 g/mol. The number of carboxylic acids is 1. The summed E-state index contributed by atoms with van der Waals surface area (Å²) >= 11 is 6.16. The molecule has 6 nitrogen and oxygen atoms in total. The first-order chi connectivity index (χ1) is 19.3. The maximum atomic E-state index is 15.5. The Hall–Kier alpha value is -3.49. The molecule has 3 aromatic rings. The summed E-state index contributed by atoms with van der Waals surface area (Å²) in [5.74, 6) is -2.66. The normalized spacial score (nSPS) is 15.3. The lowest BCUT2D eigenvalue weighted by atomic mass is 9.83. The molecule has 1 N–H and O–H groups in total. The van der Waals surface area contributed by atoms with Crippen molar-refractivity contribution in [3.63, 3.8) is 0 Å². The Bertz CT molecular complexity index is 1580. The van der Waals surface area contributed by atoms with Crippen molar-refractivity contribution in [2.45, 2.75) is 65.6 Å². The van der Waals surface area contributed by atoms with Crippen molar-refractivity contribution >= 4 is 29.2 Å². The van der Waals surface area contributed by atoms with Crippen molar-refractivity contribution in [3.8, 4) is 16.9 Å². The van der Waals surface area contributed by atoms with Crippen LogP contribution in [0.25, 0.3) is 11.1 Å². The maximum absolute atomic E-state index is 15.5. The number of hydrogen-bond acceptors (Lipinski definition) is 4. The molecule has 0 saturated carbocycles. The molecule has 0 radical (unpaired) electrons. The van der Waals surface area contributed by atoms with Crippen LogP contribution in [-0.2, 0) is 22.4 Å². The molecule has 2 aliphatic heterocycles. The van der Waals surface area contributed by atoms with E-state index >= 15 is 4.39 Å². The van der Waals surface area contributed by atoms with Crippen LogP contribution in [0.5, 0.6) is 5.75 Å². The molecule has 41 heavy (non-hydrogen) atoms. The fourth-order valence-corrected chi connectivity index (χ4v) is 6.08. The van der Waals surface area contributed by atoms with E-state index < -0.39 is 35.2 Å². The number of hydrogen-bond donors (Lipinski definition) is 1. The molecule has 2 heterocycles. The van der Waals surface area contributed by atoms with E-state index in [1.165, 1.54) is 29.2 Å². The molecule has 0 unspecified atom stereocenters. The Labute approximate surface area is 242 Å². The molecule has 9 heteroatoms. The molecular formula is C32H32ClF2NO5. The molecule has 1 amide bonds. The van der Waals surface area contributed by atoms with E-state index in [4.69, 9.17) is 21.1 Å². The molecule has 0 spiro atoms. The van der Waals surface area contributed by atoms with Crippen molar-refractivity contribution in [1.29, 1.82) is 0 Å². The van der Waals surface area contributed by atoms with Crippen molar-refractivity contribution in [3.05, 3.63) is 80.4 Å². The molecule has 0 fully saturated rings. The topological polar surface area (TPSA) is 76.1 Å². The van der Waals surface area contributed by atoms with Crippen LogP contribution in [-0.4, -0.2) is 35.7 Å². The molecule has 216 valence electrons. The van der Waals surface area contributed by atoms with Gasteiger partial charge in [-0.15, -0.1) is 0 Å². The summed E-state index contributed by atoms with van der Waals surface area (Å²) in [6.45, 7) is 9.63. The summed E-state index contributed by atoms with van der Waals surface area (Å²) in [6, 6.07) is 7.22. The van der Waals surface area contributed by atoms with Crippen LogP contribution in [0, 0.1) is 25.5 Å². The summed E-state index contributed by atoms with van der Waals surface area (Å²) < 4.78 is 41.5. The van der Waals surface area contributed by atoms with Gasteiger partial charge in [0.05, 0.1) is 22.8 Å². The number of ether oxygens (including phenoxy) is 2. The van der Waals surface area contributed by atoms with E-state index in [1.807, 2.05) is 6.92 Å². The third-order valence-electron chi connectivity index (χ3n) is 7.63. The van der Waals surface area contributed by atoms with Gasteiger partial charge in [0.1, 0.15) is 5.82 Å². The SMILES string of the molecule is Cc1cc2c(c(-c3cc(F)c4c(c3C)CCCO4)c1[C@H](OC(C)(C)C)C(=O)O)CCN2C(=O)c1cccc(F)c1Cl. The van der Waals surface area contributed by atoms with Crippen LogP contribution >= 0.6 is 11.6 Å². The number of aryl methyl sites for hydroxylation is 1. The minimum Gasteiger partial charge on any atom is -0.490 e. The van der Waals surface area contributed by atoms with E-state index in [9.17, 15) is 19.1 Å². The van der Waals surface area contributed by atoms with E-state index in [-0.39, 0.29) is 22.9 Å². The third kappa shape index (κ3) is 5.19. The molecule has 0 aromatic heterocycles. The molecular weight excluding hydrogens is 552 g/mol. The first-order valence-electron chi connectivity index (χ1n) is 13.6. The van der Waals surface area contributed by atoms with E-state index in [1.54, 1.807) is 33.8 Å². The van der Waals surface area contributed by atoms with Crippen molar-refractivity contribution in [2.75, 3.05) is 18.1 Å². The second kappa shape index (κ2) is 10.7. The zero-order valence-corrected chi connectivity index (χ0v) is 24.4. The highest BCUT2D eigenvalue weighted by Gasteiger charge is 2.37. The number of aliphatic carboxylic acids is 1. The minimum atomic E-state index is -1.35. The number of halogens is 3. The van der Waals surface area contributed by atoms with Gasteiger partial charge in [-0.3, -0.25) is 4.79 Å². The highest BCUT2D eigenvalue weighted by atomic mass is 35.5. The van der Waals surface area contributed by atoms with Crippen LogP contribution in [0.3, 0.4) is 0 Å². The highest BCUT2D eigenvalue weighted by Crippen LogP contribution is 2.48. The molecule has 5 rings (SSSR count). The van der Waals surface area contributed by atoms with Gasteiger partial charge in [-0.25, -0.2) is 13.6 Å². The standard InChI is InChI=1S/C32H32ClF2NO5/c1-16-14-24-19(11-12-36(24)30(37)20-8-6-10-22(34)27(20)33)26(25(16)29(31(38)39)41-32(3,4)5)21-15-23(35)28-18(17(21)2)9-7-13-40-28/h6,8,10,14-15,29H,7,9,11-13H2,1-5H3,(H,38,39)/t29-/m0/s1. The van der Waals surface area contributed by atoms with Crippen LogP contribution in [0.4, 0.5) is 14.5 Å². The van der Waals surface area contributed by atoms with Crippen molar-refractivity contribution in [1.82, 2.24) is 0 Å². The summed E-state index contributed by atoms with van der Waals surface area (Å²) in [5.41, 5.74) is 4.02. The number of benzene rings is 3. The average Bonchev–Trinajstić information content (AvgIpc) is 3.33. The molecule has 0 bridgehead atoms. The number of fused-ring (bicyclic) bond motifs is 2. The number of nitrogens with zero attached hydrogens (tertiary/aromatic N) is 1. The van der Waals surface area contributed by atoms with Gasteiger partial charge in [-0.2, -0.15) is 0 Å². The summed E-state index contributed by atoms with van der Waals surface area (Å²) in [7, 11) is 0. The first-order valence-corrected chi connectivity index (χ1v) is 14.0. The summed E-state index contributed by atoms with van der Waals surface area (Å²) in [5, 5.41) is 10.1. The number of carbonyl (C=O) groups excluding carboxylic acids is 1. The van der Waals surface area contributed by atoms with E-state index in [0.29, 0.717) is 53.0 Å². The van der Waals surface area contributed by atoms with Crippen LogP contribution in [0.15, 0.2) is 30.3 Å². The van der Waals surface area contributed by atoms with Gasteiger partial charge in [0.15, 0.2) is 17.7 Å². The molecule has 0 aliphatic carbocycles. The Morgan fingerprint density at radius 3 is 2.51 bits per heavy atom. The zero-order valence-electron chi connectivity index (χ0n) is 23.7. The third-order valence-corrected chi connectivity index (χ3v) is 8.01. The number of carbonyl (C=O) groups is 2. The van der Waals surface area contributed by atoms with Gasteiger partial charge < -0.3 is 19.5 Å². The van der Waals surface area contributed by atoms with Gasteiger partial charge in [-0.05, 0) is 106 Å². The van der Waals surface area contributed by atoms with E-state index in [0.717, 1.165) is 17.5 Å². The smallest absolute Gasteiger partial charge is 0.337 e. The Kier molecular flexibility index (Phi) is 7.59.